The Hall–Kier alpha value is -3.06. The van der Waals surface area contributed by atoms with E-state index in [0.717, 1.165) is 0 Å². The number of hydrogen-bond donors (Lipinski definition) is 3. The van der Waals surface area contributed by atoms with Crippen LogP contribution in [0.1, 0.15) is 16.8 Å². The smallest absolute Gasteiger partial charge is 0.307 e. The van der Waals surface area contributed by atoms with E-state index < -0.39 is 5.97 Å². The molecule has 7 nitrogen and oxygen atoms in total. The molecule has 2 rings (SSSR count). The summed E-state index contributed by atoms with van der Waals surface area (Å²) in [6.45, 7) is 0.186. The van der Waals surface area contributed by atoms with Crippen LogP contribution in [0, 0.1) is 0 Å². The molecule has 0 saturated carbocycles. The average molecular weight is 343 g/mol. The number of nitrogens with zero attached hydrogens (tertiary/aromatic N) is 1. The Morgan fingerprint density at radius 2 is 1.84 bits per heavy atom. The van der Waals surface area contributed by atoms with Gasteiger partial charge in [-0.3, -0.25) is 20.3 Å². The van der Waals surface area contributed by atoms with Crippen molar-refractivity contribution in [3.05, 3.63) is 54.1 Å². The molecule has 0 atom stereocenters. The van der Waals surface area contributed by atoms with E-state index in [2.05, 4.69) is 15.5 Å². The third kappa shape index (κ3) is 4.48. The summed E-state index contributed by atoms with van der Waals surface area (Å²) in [5.74, 6) is -0.675. The minimum atomic E-state index is -0.392. The molecule has 0 saturated heterocycles. The topological polar surface area (TPSA) is 90.9 Å². The van der Waals surface area contributed by atoms with Crippen LogP contribution in [-0.2, 0) is 9.53 Å². The van der Waals surface area contributed by atoms with Gasteiger partial charge in [0.1, 0.15) is 0 Å². The Morgan fingerprint density at radius 1 is 1.12 bits per heavy atom. The summed E-state index contributed by atoms with van der Waals surface area (Å²) in [6.07, 6.45) is 0.0802. The van der Waals surface area contributed by atoms with Crippen LogP contribution >= 0.6 is 0 Å². The van der Waals surface area contributed by atoms with E-state index in [9.17, 15) is 14.8 Å². The van der Waals surface area contributed by atoms with Crippen LogP contribution in [0.2, 0.25) is 0 Å². The van der Waals surface area contributed by atoms with Gasteiger partial charge in [0.05, 0.1) is 24.9 Å². The van der Waals surface area contributed by atoms with E-state index in [1.165, 1.54) is 12.0 Å². The van der Waals surface area contributed by atoms with Crippen LogP contribution in [0.25, 0.3) is 0 Å². The van der Waals surface area contributed by atoms with Crippen LogP contribution in [0.4, 0.5) is 17.1 Å². The molecule has 0 radical (unpaired) electrons. The van der Waals surface area contributed by atoms with E-state index >= 15 is 0 Å². The molecule has 0 aliphatic heterocycles. The number of methoxy groups -OCH3 is 1. The van der Waals surface area contributed by atoms with Gasteiger partial charge in [0.2, 0.25) is 0 Å². The maximum atomic E-state index is 13.0. The monoisotopic (exact) mass is 343 g/mol. The van der Waals surface area contributed by atoms with Gasteiger partial charge >= 0.3 is 5.97 Å². The van der Waals surface area contributed by atoms with Crippen molar-refractivity contribution in [1.82, 2.24) is 0 Å². The standard InChI is InChI=1S/C18H21N3O4/c1-19-15-9-8-13(12-16(15)20-24)18(23)21(11-10-17(22)25-2)14-6-4-3-5-7-14/h3-9,12,19-20,24H,10-11H2,1-2H3. The van der Waals surface area contributed by atoms with Gasteiger partial charge < -0.3 is 15.0 Å². The van der Waals surface area contributed by atoms with Crippen LogP contribution < -0.4 is 15.7 Å². The van der Waals surface area contributed by atoms with E-state index in [4.69, 9.17) is 0 Å². The minimum Gasteiger partial charge on any atom is -0.469 e. The fourth-order valence-electron chi connectivity index (χ4n) is 2.40. The van der Waals surface area contributed by atoms with Gasteiger partial charge in [-0.15, -0.1) is 0 Å². The van der Waals surface area contributed by atoms with Crippen molar-refractivity contribution in [1.29, 1.82) is 0 Å². The first-order valence-electron chi connectivity index (χ1n) is 7.76. The van der Waals surface area contributed by atoms with Crippen LogP contribution in [0.15, 0.2) is 48.5 Å². The molecule has 2 aromatic carbocycles. The summed E-state index contributed by atoms with van der Waals surface area (Å²) >= 11 is 0. The molecule has 0 aromatic heterocycles. The summed E-state index contributed by atoms with van der Waals surface area (Å²) in [6, 6.07) is 14.0. The highest BCUT2D eigenvalue weighted by Gasteiger charge is 2.20. The van der Waals surface area contributed by atoms with E-state index in [0.29, 0.717) is 22.6 Å². The highest BCUT2D eigenvalue weighted by atomic mass is 16.5. The van der Waals surface area contributed by atoms with Crippen LogP contribution in [0.3, 0.4) is 0 Å². The van der Waals surface area contributed by atoms with E-state index in [1.807, 2.05) is 18.2 Å². The third-order valence-electron chi connectivity index (χ3n) is 3.74. The number of benzene rings is 2. The normalized spacial score (nSPS) is 10.0. The molecule has 0 unspecified atom stereocenters. The average Bonchev–Trinajstić information content (AvgIpc) is 2.67. The third-order valence-corrected chi connectivity index (χ3v) is 3.74. The lowest BCUT2D eigenvalue weighted by atomic mass is 10.1. The molecule has 2 aromatic rings. The zero-order chi connectivity index (χ0) is 18.2. The quantitative estimate of drug-likeness (QED) is 0.529. The first-order valence-corrected chi connectivity index (χ1v) is 7.76. The van der Waals surface area contributed by atoms with E-state index in [1.54, 1.807) is 37.4 Å². The predicted molar refractivity (Wildman–Crippen MR) is 96.1 cm³/mol. The SMILES string of the molecule is CNc1ccc(C(=O)N(CCC(=O)OC)c2ccccc2)cc1NO. The largest absolute Gasteiger partial charge is 0.469 e. The van der Waals surface area contributed by atoms with E-state index in [-0.39, 0.29) is 18.9 Å². The zero-order valence-corrected chi connectivity index (χ0v) is 14.2. The Kier molecular flexibility index (Phi) is 6.36. The Balaban J connectivity index is 2.33. The van der Waals surface area contributed by atoms with Gasteiger partial charge in [0.15, 0.2) is 0 Å². The highest BCUT2D eigenvalue weighted by Crippen LogP contribution is 2.24. The molecule has 132 valence electrons. The summed E-state index contributed by atoms with van der Waals surface area (Å²) in [7, 11) is 3.02. The molecular formula is C18H21N3O4. The van der Waals surface area contributed by atoms with Gasteiger partial charge in [-0.05, 0) is 30.3 Å². The molecule has 0 spiro atoms. The molecular weight excluding hydrogens is 322 g/mol. The lowest BCUT2D eigenvalue weighted by Crippen LogP contribution is -2.33. The second kappa shape index (κ2) is 8.70. The van der Waals surface area contributed by atoms with Crippen molar-refractivity contribution in [2.75, 3.05) is 36.4 Å². The maximum Gasteiger partial charge on any atom is 0.307 e. The Bertz CT molecular complexity index is 734. The summed E-state index contributed by atoms with van der Waals surface area (Å²) < 4.78 is 4.66. The second-order valence-electron chi connectivity index (χ2n) is 5.24. The predicted octanol–water partition coefficient (Wildman–Crippen LogP) is 2.74. The first-order chi connectivity index (χ1) is 12.1. The number of carbonyl (C=O) groups excluding carboxylic acids is 2. The van der Waals surface area contributed by atoms with Crippen molar-refractivity contribution in [2.45, 2.75) is 6.42 Å². The molecule has 0 heterocycles. The lowest BCUT2D eigenvalue weighted by Gasteiger charge is -2.23. The molecule has 0 bridgehead atoms. The van der Waals surface area contributed by atoms with Gasteiger partial charge in [0.25, 0.3) is 5.91 Å². The van der Waals surface area contributed by atoms with Gasteiger partial charge in [-0.1, -0.05) is 18.2 Å². The van der Waals surface area contributed by atoms with Crippen molar-refractivity contribution in [2.24, 2.45) is 0 Å². The molecule has 0 aliphatic rings. The molecule has 7 heteroatoms. The molecule has 0 aliphatic carbocycles. The summed E-state index contributed by atoms with van der Waals surface area (Å²) in [5, 5.41) is 12.2. The Morgan fingerprint density at radius 3 is 2.44 bits per heavy atom. The first kappa shape index (κ1) is 18.3. The van der Waals surface area contributed by atoms with Crippen LogP contribution in [-0.4, -0.2) is 37.8 Å². The summed E-state index contributed by atoms with van der Waals surface area (Å²) in [5.41, 5.74) is 4.16. The van der Waals surface area contributed by atoms with Crippen LogP contribution in [0.5, 0.6) is 0 Å². The number of anilines is 3. The minimum absolute atomic E-state index is 0.0802. The van der Waals surface area contributed by atoms with Gasteiger partial charge in [0, 0.05) is 24.8 Å². The number of rotatable bonds is 7. The van der Waals surface area contributed by atoms with Crippen molar-refractivity contribution in [3.63, 3.8) is 0 Å². The molecule has 1 amide bonds. The summed E-state index contributed by atoms with van der Waals surface area (Å²) in [4.78, 5) is 25.9. The van der Waals surface area contributed by atoms with Gasteiger partial charge in [-0.2, -0.15) is 0 Å². The fourth-order valence-corrected chi connectivity index (χ4v) is 2.40. The zero-order valence-electron chi connectivity index (χ0n) is 14.2. The van der Waals surface area contributed by atoms with Crippen molar-refractivity contribution in [3.8, 4) is 0 Å². The van der Waals surface area contributed by atoms with Crippen molar-refractivity contribution >= 4 is 28.9 Å². The second-order valence-corrected chi connectivity index (χ2v) is 5.24. The number of amides is 1. The number of carbonyl (C=O) groups is 2. The van der Waals surface area contributed by atoms with Crippen molar-refractivity contribution < 1.29 is 19.5 Å². The molecule has 0 fully saturated rings. The fraction of sp³-hybridized carbons (Fsp3) is 0.222. The number of esters is 1. The number of ether oxygens (including phenoxy) is 1. The number of para-hydroxylation sites is 1. The number of nitrogens with one attached hydrogen (secondary N) is 2. The lowest BCUT2D eigenvalue weighted by molar-refractivity contribution is -0.140. The van der Waals surface area contributed by atoms with Gasteiger partial charge in [-0.25, -0.2) is 0 Å². The molecule has 3 N–H and O–H groups in total. The molecule has 25 heavy (non-hydrogen) atoms. The maximum absolute atomic E-state index is 13.0. The Labute approximate surface area is 146 Å². The highest BCUT2D eigenvalue weighted by molar-refractivity contribution is 6.07. The number of hydrogen-bond acceptors (Lipinski definition) is 6.